The van der Waals surface area contributed by atoms with Gasteiger partial charge >= 0.3 is 0 Å². The second-order valence-corrected chi connectivity index (χ2v) is 7.16. The summed E-state index contributed by atoms with van der Waals surface area (Å²) in [6, 6.07) is 15.4. The van der Waals surface area contributed by atoms with Gasteiger partial charge < -0.3 is 20.1 Å². The average Bonchev–Trinajstić information content (AvgIpc) is 2.78. The number of para-hydroxylation sites is 1. The second kappa shape index (κ2) is 11.2. The monoisotopic (exact) mass is 463 g/mol. The van der Waals surface area contributed by atoms with Gasteiger partial charge in [0.15, 0.2) is 11.5 Å². The molecule has 2 heterocycles. The van der Waals surface area contributed by atoms with Gasteiger partial charge in [-0.05, 0) is 49.7 Å². The number of pyridine rings is 1. The lowest BCUT2D eigenvalue weighted by molar-refractivity contribution is 0.0932. The summed E-state index contributed by atoms with van der Waals surface area (Å²) in [5, 5.41) is 7.35. The van der Waals surface area contributed by atoms with E-state index in [0.29, 0.717) is 17.1 Å². The number of carbonyl (C=O) groups is 1. The molecule has 2 N–H and O–H groups in total. The van der Waals surface area contributed by atoms with Crippen LogP contribution in [0.3, 0.4) is 0 Å². The predicted molar refractivity (Wildman–Crippen MR) is 128 cm³/mol. The third-order valence-corrected chi connectivity index (χ3v) is 5.27. The van der Waals surface area contributed by atoms with E-state index in [1.54, 1.807) is 14.2 Å². The number of carbonyl (C=O) groups excluding carboxylic acids is 1. The van der Waals surface area contributed by atoms with Crippen molar-refractivity contribution in [2.24, 2.45) is 0 Å². The van der Waals surface area contributed by atoms with Gasteiger partial charge in [0.1, 0.15) is 0 Å². The molecule has 3 aromatic rings. The summed E-state index contributed by atoms with van der Waals surface area (Å²) in [5.74, 6) is 1.21. The van der Waals surface area contributed by atoms with Crippen LogP contribution in [0.5, 0.6) is 11.5 Å². The molecule has 4 rings (SSSR count). The summed E-state index contributed by atoms with van der Waals surface area (Å²) in [6.45, 7) is 1.81. The van der Waals surface area contributed by atoms with Gasteiger partial charge in [-0.15, -0.1) is 24.8 Å². The molecule has 1 aliphatic heterocycles. The van der Waals surface area contributed by atoms with E-state index < -0.39 is 0 Å². The number of nitrogens with one attached hydrogen (secondary N) is 2. The number of rotatable bonds is 5. The Labute approximate surface area is 194 Å². The van der Waals surface area contributed by atoms with Crippen molar-refractivity contribution >= 4 is 41.6 Å². The number of benzene rings is 2. The lowest BCUT2D eigenvalue weighted by Crippen LogP contribution is -2.45. The highest BCUT2D eigenvalue weighted by Crippen LogP contribution is 2.33. The van der Waals surface area contributed by atoms with Crippen LogP contribution in [0.4, 0.5) is 0 Å². The number of fused-ring (bicyclic) bond motifs is 1. The van der Waals surface area contributed by atoms with E-state index in [-0.39, 0.29) is 36.8 Å². The molecule has 1 saturated heterocycles. The zero-order chi connectivity index (χ0) is 20.2. The van der Waals surface area contributed by atoms with Crippen molar-refractivity contribution in [2.45, 2.75) is 18.9 Å². The fraction of sp³-hybridized carbons (Fsp3) is 0.304. The predicted octanol–water partition coefficient (Wildman–Crippen LogP) is 4.24. The molecule has 1 aliphatic rings. The molecule has 31 heavy (non-hydrogen) atoms. The van der Waals surface area contributed by atoms with Crippen molar-refractivity contribution in [3.63, 3.8) is 0 Å². The second-order valence-electron chi connectivity index (χ2n) is 7.16. The lowest BCUT2D eigenvalue weighted by Gasteiger charge is -2.24. The summed E-state index contributed by atoms with van der Waals surface area (Å²) in [6.07, 6.45) is 2.06. The number of ether oxygens (including phenoxy) is 2. The number of hydrogen-bond donors (Lipinski definition) is 2. The van der Waals surface area contributed by atoms with Crippen molar-refractivity contribution in [1.82, 2.24) is 15.6 Å². The largest absolute Gasteiger partial charge is 0.493 e. The van der Waals surface area contributed by atoms with Gasteiger partial charge in [-0.1, -0.05) is 18.2 Å². The molecule has 0 radical (unpaired) electrons. The molecule has 1 atom stereocenters. The smallest absolute Gasteiger partial charge is 0.252 e. The fourth-order valence-electron chi connectivity index (χ4n) is 3.74. The molecule has 1 amide bonds. The zero-order valence-corrected chi connectivity index (χ0v) is 19.1. The quantitative estimate of drug-likeness (QED) is 0.591. The van der Waals surface area contributed by atoms with E-state index >= 15 is 0 Å². The Hall–Kier alpha value is -2.54. The lowest BCUT2D eigenvalue weighted by atomic mass is 10.0. The summed E-state index contributed by atoms with van der Waals surface area (Å²) in [4.78, 5) is 17.9. The first-order valence-electron chi connectivity index (χ1n) is 9.83. The topological polar surface area (TPSA) is 72.5 Å². The molecular formula is C23H27Cl2N3O3. The Balaban J connectivity index is 0.00000171. The molecule has 8 heteroatoms. The molecule has 0 bridgehead atoms. The summed E-state index contributed by atoms with van der Waals surface area (Å²) >= 11 is 0. The standard InChI is InChI=1S/C23H25N3O3.2ClH/c1-28-21-10-9-15(12-22(21)29-2)20-13-18(17-7-3-4-8-19(17)26-20)23(27)25-16-6-5-11-24-14-16;;/h3-4,7-10,12-13,16,24H,5-6,11,14H2,1-2H3,(H,25,27);2*1H/t16-;;/m0../s1. The number of aromatic nitrogens is 1. The van der Waals surface area contributed by atoms with E-state index in [2.05, 4.69) is 10.6 Å². The normalized spacial score (nSPS) is 15.4. The molecule has 2 aromatic carbocycles. The van der Waals surface area contributed by atoms with Crippen LogP contribution >= 0.6 is 24.8 Å². The molecular weight excluding hydrogens is 437 g/mol. The number of methoxy groups -OCH3 is 2. The molecule has 0 spiro atoms. The first-order chi connectivity index (χ1) is 14.2. The van der Waals surface area contributed by atoms with Crippen molar-refractivity contribution in [1.29, 1.82) is 0 Å². The summed E-state index contributed by atoms with van der Waals surface area (Å²) in [7, 11) is 3.21. The molecule has 166 valence electrons. The number of amides is 1. The van der Waals surface area contributed by atoms with E-state index in [1.165, 1.54) is 0 Å². The van der Waals surface area contributed by atoms with Gasteiger partial charge in [-0.3, -0.25) is 4.79 Å². The van der Waals surface area contributed by atoms with Gasteiger partial charge in [0.2, 0.25) is 0 Å². The SMILES string of the molecule is COc1ccc(-c2cc(C(=O)N[C@H]3CCCNC3)c3ccccc3n2)cc1OC.Cl.Cl. The highest BCUT2D eigenvalue weighted by Gasteiger charge is 2.19. The fourth-order valence-corrected chi connectivity index (χ4v) is 3.74. The minimum atomic E-state index is -0.0703. The van der Waals surface area contributed by atoms with E-state index in [1.807, 2.05) is 48.5 Å². The van der Waals surface area contributed by atoms with Crippen LogP contribution in [0, 0.1) is 0 Å². The van der Waals surface area contributed by atoms with E-state index in [9.17, 15) is 4.79 Å². The van der Waals surface area contributed by atoms with Crippen LogP contribution in [0.2, 0.25) is 0 Å². The highest BCUT2D eigenvalue weighted by atomic mass is 35.5. The Morgan fingerprint density at radius 1 is 1.06 bits per heavy atom. The molecule has 1 aromatic heterocycles. The van der Waals surface area contributed by atoms with Crippen molar-refractivity contribution < 1.29 is 14.3 Å². The maximum atomic E-state index is 13.1. The van der Waals surface area contributed by atoms with Gasteiger partial charge in [0, 0.05) is 23.5 Å². The zero-order valence-electron chi connectivity index (χ0n) is 17.5. The Morgan fingerprint density at radius 3 is 2.55 bits per heavy atom. The molecule has 0 saturated carbocycles. The minimum absolute atomic E-state index is 0. The first-order valence-corrected chi connectivity index (χ1v) is 9.83. The number of piperidine rings is 1. The van der Waals surface area contributed by atoms with Gasteiger partial charge in [0.05, 0.1) is 31.0 Å². The van der Waals surface area contributed by atoms with Crippen molar-refractivity contribution in [3.8, 4) is 22.8 Å². The van der Waals surface area contributed by atoms with Crippen LogP contribution in [-0.2, 0) is 0 Å². The number of nitrogens with zero attached hydrogens (tertiary/aromatic N) is 1. The van der Waals surface area contributed by atoms with Crippen LogP contribution in [0.1, 0.15) is 23.2 Å². The van der Waals surface area contributed by atoms with Gasteiger partial charge in [-0.2, -0.15) is 0 Å². The Kier molecular flexibility index (Phi) is 8.92. The summed E-state index contributed by atoms with van der Waals surface area (Å²) in [5.41, 5.74) is 3.00. The van der Waals surface area contributed by atoms with E-state index in [0.717, 1.165) is 48.1 Å². The molecule has 6 nitrogen and oxygen atoms in total. The molecule has 0 aliphatic carbocycles. The minimum Gasteiger partial charge on any atom is -0.493 e. The highest BCUT2D eigenvalue weighted by molar-refractivity contribution is 6.07. The van der Waals surface area contributed by atoms with Crippen LogP contribution in [-0.4, -0.2) is 44.2 Å². The third kappa shape index (κ3) is 5.39. The maximum Gasteiger partial charge on any atom is 0.252 e. The molecule has 1 fully saturated rings. The van der Waals surface area contributed by atoms with Crippen LogP contribution < -0.4 is 20.1 Å². The van der Waals surface area contributed by atoms with Gasteiger partial charge in [-0.25, -0.2) is 4.98 Å². The summed E-state index contributed by atoms with van der Waals surface area (Å²) < 4.78 is 10.8. The maximum absolute atomic E-state index is 13.1. The van der Waals surface area contributed by atoms with Crippen LogP contribution in [0.15, 0.2) is 48.5 Å². The average molecular weight is 464 g/mol. The van der Waals surface area contributed by atoms with Crippen LogP contribution in [0.25, 0.3) is 22.2 Å². The van der Waals surface area contributed by atoms with Crippen molar-refractivity contribution in [2.75, 3.05) is 27.3 Å². The Morgan fingerprint density at radius 2 is 1.84 bits per heavy atom. The Bertz CT molecular complexity index is 1040. The van der Waals surface area contributed by atoms with Gasteiger partial charge in [0.25, 0.3) is 5.91 Å². The third-order valence-electron chi connectivity index (χ3n) is 5.27. The molecule has 0 unspecified atom stereocenters. The van der Waals surface area contributed by atoms with E-state index in [4.69, 9.17) is 14.5 Å². The van der Waals surface area contributed by atoms with Crippen molar-refractivity contribution in [3.05, 3.63) is 54.1 Å². The number of halogens is 2. The first kappa shape index (κ1) is 24.7. The number of hydrogen-bond acceptors (Lipinski definition) is 5.